The van der Waals surface area contributed by atoms with Crippen molar-refractivity contribution in [3.8, 4) is 0 Å². The molecule has 0 saturated carbocycles. The van der Waals surface area contributed by atoms with Crippen LogP contribution in [0.1, 0.15) is 45.4 Å². The number of aromatic nitrogens is 3. The van der Waals surface area contributed by atoms with Gasteiger partial charge in [0.25, 0.3) is 0 Å². The molecule has 0 saturated heterocycles. The quantitative estimate of drug-likeness (QED) is 0.734. The minimum absolute atomic E-state index is 0.170. The first-order valence-electron chi connectivity index (χ1n) is 8.05. The first-order valence-corrected chi connectivity index (χ1v) is 8.05. The fraction of sp³-hybridized carbons (Fsp3) is 0.562. The minimum atomic E-state index is -0.170. The summed E-state index contributed by atoms with van der Waals surface area (Å²) in [5.41, 5.74) is 2.45. The summed E-state index contributed by atoms with van der Waals surface area (Å²) in [6, 6.07) is 5.42. The van der Waals surface area contributed by atoms with E-state index in [2.05, 4.69) is 27.9 Å². The maximum absolute atomic E-state index is 11.8. The second-order valence-electron chi connectivity index (χ2n) is 5.57. The summed E-state index contributed by atoms with van der Waals surface area (Å²) in [5.74, 6) is 0. The number of fused-ring (bicyclic) bond motifs is 1. The summed E-state index contributed by atoms with van der Waals surface area (Å²) < 4.78 is 1.71. The monoisotopic (exact) mass is 303 g/mol. The first-order chi connectivity index (χ1) is 10.7. The van der Waals surface area contributed by atoms with Gasteiger partial charge in [0.2, 0.25) is 0 Å². The van der Waals surface area contributed by atoms with E-state index in [1.807, 2.05) is 25.2 Å². The van der Waals surface area contributed by atoms with Crippen molar-refractivity contribution in [1.29, 1.82) is 0 Å². The van der Waals surface area contributed by atoms with Crippen LogP contribution in [0.5, 0.6) is 0 Å². The van der Waals surface area contributed by atoms with Gasteiger partial charge in [-0.2, -0.15) is 0 Å². The second kappa shape index (κ2) is 8.36. The number of aryl methyl sites for hydroxylation is 1. The molecule has 0 bridgehead atoms. The molecule has 6 heteroatoms. The highest BCUT2D eigenvalue weighted by Gasteiger charge is 2.05. The Morgan fingerprint density at radius 2 is 1.95 bits per heavy atom. The summed E-state index contributed by atoms with van der Waals surface area (Å²) in [6.45, 7) is 2.93. The van der Waals surface area contributed by atoms with Crippen LogP contribution < -0.4 is 10.6 Å². The lowest BCUT2D eigenvalue weighted by atomic mass is 10.1. The molecule has 2 N–H and O–H groups in total. The van der Waals surface area contributed by atoms with Crippen molar-refractivity contribution in [3.05, 3.63) is 18.2 Å². The molecule has 2 amide bonds. The number of nitrogens with one attached hydrogen (secondary N) is 2. The number of carbonyl (C=O) groups excluding carboxylic acids is 1. The van der Waals surface area contributed by atoms with Crippen molar-refractivity contribution in [2.45, 2.75) is 45.4 Å². The van der Waals surface area contributed by atoms with Gasteiger partial charge in [0, 0.05) is 19.3 Å². The van der Waals surface area contributed by atoms with Crippen LogP contribution in [0.15, 0.2) is 18.2 Å². The Balaban J connectivity index is 1.69. The summed E-state index contributed by atoms with van der Waals surface area (Å²) in [5, 5.41) is 13.7. The average molecular weight is 303 g/mol. The van der Waals surface area contributed by atoms with Crippen LogP contribution >= 0.6 is 0 Å². The van der Waals surface area contributed by atoms with E-state index >= 15 is 0 Å². The third-order valence-corrected chi connectivity index (χ3v) is 3.68. The van der Waals surface area contributed by atoms with E-state index in [0.29, 0.717) is 6.54 Å². The Morgan fingerprint density at radius 3 is 2.77 bits per heavy atom. The molecule has 1 aromatic heterocycles. The number of nitrogens with zero attached hydrogens (tertiary/aromatic N) is 3. The number of rotatable bonds is 8. The van der Waals surface area contributed by atoms with E-state index in [-0.39, 0.29) is 6.03 Å². The predicted octanol–water partition coefficient (Wildman–Crippen LogP) is 3.45. The van der Waals surface area contributed by atoms with Crippen LogP contribution in [-0.2, 0) is 7.05 Å². The van der Waals surface area contributed by atoms with Crippen molar-refractivity contribution in [1.82, 2.24) is 20.3 Å². The lowest BCUT2D eigenvalue weighted by Crippen LogP contribution is -2.29. The molecule has 2 rings (SSSR count). The molecular formula is C16H25N5O. The van der Waals surface area contributed by atoms with Gasteiger partial charge in [-0.05, 0) is 24.6 Å². The van der Waals surface area contributed by atoms with Gasteiger partial charge in [0.15, 0.2) is 0 Å². The lowest BCUT2D eigenvalue weighted by molar-refractivity contribution is 0.252. The highest BCUT2D eigenvalue weighted by Crippen LogP contribution is 2.16. The molecule has 22 heavy (non-hydrogen) atoms. The third kappa shape index (κ3) is 4.72. The number of hydrogen-bond acceptors (Lipinski definition) is 3. The zero-order valence-corrected chi connectivity index (χ0v) is 13.4. The predicted molar refractivity (Wildman–Crippen MR) is 88.9 cm³/mol. The number of carbonyl (C=O) groups is 1. The number of urea groups is 1. The van der Waals surface area contributed by atoms with Crippen molar-refractivity contribution in [2.24, 2.45) is 7.05 Å². The van der Waals surface area contributed by atoms with E-state index in [1.165, 1.54) is 32.1 Å². The zero-order chi connectivity index (χ0) is 15.8. The van der Waals surface area contributed by atoms with Gasteiger partial charge in [-0.1, -0.05) is 44.2 Å². The average Bonchev–Trinajstić information content (AvgIpc) is 2.87. The highest BCUT2D eigenvalue weighted by atomic mass is 16.2. The summed E-state index contributed by atoms with van der Waals surface area (Å²) >= 11 is 0. The SMILES string of the molecule is CCCCCCCCNC(=O)Nc1ccc2c(c1)nnn2C. The van der Waals surface area contributed by atoms with E-state index in [4.69, 9.17) is 0 Å². The molecule has 6 nitrogen and oxygen atoms in total. The molecular weight excluding hydrogens is 278 g/mol. The molecule has 1 aromatic carbocycles. The van der Waals surface area contributed by atoms with Gasteiger partial charge in [-0.15, -0.1) is 5.10 Å². The van der Waals surface area contributed by atoms with Crippen LogP contribution in [0.2, 0.25) is 0 Å². The Hall–Kier alpha value is -2.11. The summed E-state index contributed by atoms with van der Waals surface area (Å²) in [6.07, 6.45) is 7.31. The van der Waals surface area contributed by atoms with Gasteiger partial charge in [-0.25, -0.2) is 9.48 Å². The number of anilines is 1. The largest absolute Gasteiger partial charge is 0.338 e. The van der Waals surface area contributed by atoms with Crippen LogP contribution in [0.3, 0.4) is 0 Å². The van der Waals surface area contributed by atoms with Crippen LogP contribution in [0.25, 0.3) is 11.0 Å². The molecule has 0 aliphatic carbocycles. The molecule has 0 aliphatic rings. The molecule has 0 fully saturated rings. The van der Waals surface area contributed by atoms with Crippen LogP contribution in [-0.4, -0.2) is 27.6 Å². The summed E-state index contributed by atoms with van der Waals surface area (Å²) in [4.78, 5) is 11.8. The number of benzene rings is 1. The lowest BCUT2D eigenvalue weighted by Gasteiger charge is -2.07. The fourth-order valence-corrected chi connectivity index (χ4v) is 2.40. The van der Waals surface area contributed by atoms with E-state index in [1.54, 1.807) is 4.68 Å². The Kier molecular flexibility index (Phi) is 6.18. The van der Waals surface area contributed by atoms with E-state index < -0.39 is 0 Å². The maximum Gasteiger partial charge on any atom is 0.319 e. The van der Waals surface area contributed by atoms with Crippen molar-refractivity contribution in [2.75, 3.05) is 11.9 Å². The summed E-state index contributed by atoms with van der Waals surface area (Å²) in [7, 11) is 1.84. The van der Waals surface area contributed by atoms with Crippen molar-refractivity contribution < 1.29 is 4.79 Å². The van der Waals surface area contributed by atoms with Gasteiger partial charge in [-0.3, -0.25) is 0 Å². The normalized spacial score (nSPS) is 10.8. The van der Waals surface area contributed by atoms with Gasteiger partial charge < -0.3 is 10.6 Å². The molecule has 0 radical (unpaired) electrons. The second-order valence-corrected chi connectivity index (χ2v) is 5.57. The minimum Gasteiger partial charge on any atom is -0.338 e. The first kappa shape index (κ1) is 16.3. The number of unbranched alkanes of at least 4 members (excludes halogenated alkanes) is 5. The molecule has 0 unspecified atom stereocenters. The molecule has 120 valence electrons. The smallest absolute Gasteiger partial charge is 0.319 e. The van der Waals surface area contributed by atoms with E-state index in [9.17, 15) is 4.79 Å². The maximum atomic E-state index is 11.8. The molecule has 2 aromatic rings. The van der Waals surface area contributed by atoms with Crippen LogP contribution in [0, 0.1) is 0 Å². The standard InChI is InChI=1S/C16H25N5O/c1-3-4-5-6-7-8-11-17-16(22)18-13-9-10-15-14(12-13)19-20-21(15)2/h9-10,12H,3-8,11H2,1-2H3,(H2,17,18,22). The molecule has 0 atom stereocenters. The number of amides is 2. The third-order valence-electron chi connectivity index (χ3n) is 3.68. The van der Waals surface area contributed by atoms with Crippen molar-refractivity contribution in [3.63, 3.8) is 0 Å². The Morgan fingerprint density at radius 1 is 1.18 bits per heavy atom. The van der Waals surface area contributed by atoms with Crippen LogP contribution in [0.4, 0.5) is 10.5 Å². The fourth-order valence-electron chi connectivity index (χ4n) is 2.40. The zero-order valence-electron chi connectivity index (χ0n) is 13.4. The Bertz CT molecular complexity index is 608. The molecule has 1 heterocycles. The van der Waals surface area contributed by atoms with Gasteiger partial charge in [0.05, 0.1) is 5.52 Å². The van der Waals surface area contributed by atoms with E-state index in [0.717, 1.165) is 23.1 Å². The van der Waals surface area contributed by atoms with Crippen molar-refractivity contribution >= 4 is 22.8 Å². The Labute approximate surface area is 131 Å². The number of hydrogen-bond donors (Lipinski definition) is 2. The topological polar surface area (TPSA) is 71.8 Å². The van der Waals surface area contributed by atoms with Gasteiger partial charge >= 0.3 is 6.03 Å². The van der Waals surface area contributed by atoms with Gasteiger partial charge in [0.1, 0.15) is 5.52 Å². The molecule has 0 aliphatic heterocycles. The highest BCUT2D eigenvalue weighted by molar-refractivity contribution is 5.91. The molecule has 0 spiro atoms.